The van der Waals surface area contributed by atoms with Crippen LogP contribution in [0.5, 0.6) is 0 Å². The molecule has 9 nitrogen and oxygen atoms in total. The van der Waals surface area contributed by atoms with Crippen LogP contribution in [0.2, 0.25) is 0 Å². The third kappa shape index (κ3) is 5.52. The molecule has 19 heavy (non-hydrogen) atoms. The molecule has 0 saturated heterocycles. The van der Waals surface area contributed by atoms with E-state index >= 15 is 0 Å². The van der Waals surface area contributed by atoms with Crippen LogP contribution in [0, 0.1) is 0 Å². The first-order chi connectivity index (χ1) is 8.86. The number of rotatable bonds is 6. The number of amides is 3. The van der Waals surface area contributed by atoms with E-state index in [9.17, 15) is 14.4 Å². The molecule has 0 saturated carbocycles. The highest BCUT2D eigenvalue weighted by atomic mass is 16.4. The van der Waals surface area contributed by atoms with Gasteiger partial charge in [0.25, 0.3) is 0 Å². The second-order valence-electron chi connectivity index (χ2n) is 3.99. The van der Waals surface area contributed by atoms with Gasteiger partial charge in [0.1, 0.15) is 6.54 Å². The summed E-state index contributed by atoms with van der Waals surface area (Å²) in [6.07, 6.45) is 2.74. The zero-order valence-electron chi connectivity index (χ0n) is 10.3. The first-order valence-electron chi connectivity index (χ1n) is 5.47. The van der Waals surface area contributed by atoms with Gasteiger partial charge in [0.15, 0.2) is 0 Å². The Morgan fingerprint density at radius 2 is 2.21 bits per heavy atom. The van der Waals surface area contributed by atoms with Crippen molar-refractivity contribution in [2.45, 2.75) is 25.9 Å². The fourth-order valence-electron chi connectivity index (χ4n) is 1.40. The summed E-state index contributed by atoms with van der Waals surface area (Å²) in [5.41, 5.74) is 5.34. The molecule has 9 heteroatoms. The summed E-state index contributed by atoms with van der Waals surface area (Å²) < 4.78 is 1.17. The number of carboxylic acids is 1. The third-order valence-corrected chi connectivity index (χ3v) is 2.07. The number of carboxylic acid groups (broad SMARTS) is 1. The molecule has 1 heterocycles. The van der Waals surface area contributed by atoms with Crippen LogP contribution >= 0.6 is 0 Å². The van der Waals surface area contributed by atoms with E-state index in [4.69, 9.17) is 10.8 Å². The lowest BCUT2D eigenvalue weighted by Crippen LogP contribution is -2.38. The van der Waals surface area contributed by atoms with E-state index in [0.717, 1.165) is 0 Å². The van der Waals surface area contributed by atoms with Crippen molar-refractivity contribution in [3.8, 4) is 0 Å². The Bertz CT molecular complexity index is 484. The Kier molecular flexibility index (Phi) is 4.86. The fourth-order valence-corrected chi connectivity index (χ4v) is 1.40. The zero-order chi connectivity index (χ0) is 14.4. The van der Waals surface area contributed by atoms with E-state index in [-0.39, 0.29) is 13.0 Å². The number of hydrogen-bond acceptors (Lipinski definition) is 4. The van der Waals surface area contributed by atoms with Gasteiger partial charge in [0.05, 0.1) is 11.9 Å². The van der Waals surface area contributed by atoms with E-state index in [0.29, 0.717) is 5.69 Å². The van der Waals surface area contributed by atoms with Crippen molar-refractivity contribution in [1.29, 1.82) is 0 Å². The molecule has 0 spiro atoms. The molecule has 0 fully saturated rings. The summed E-state index contributed by atoms with van der Waals surface area (Å²) in [6.45, 7) is 1.35. The molecule has 3 amide bonds. The normalized spacial score (nSPS) is 11.6. The van der Waals surface area contributed by atoms with Gasteiger partial charge in [-0.15, -0.1) is 0 Å². The van der Waals surface area contributed by atoms with Gasteiger partial charge in [-0.1, -0.05) is 0 Å². The second-order valence-corrected chi connectivity index (χ2v) is 3.99. The van der Waals surface area contributed by atoms with Crippen LogP contribution in [0.25, 0.3) is 0 Å². The number of nitrogens with two attached hydrogens (primary N) is 1. The van der Waals surface area contributed by atoms with Crippen LogP contribution in [-0.4, -0.2) is 38.8 Å². The van der Waals surface area contributed by atoms with E-state index in [2.05, 4.69) is 15.7 Å². The predicted molar refractivity (Wildman–Crippen MR) is 65.3 cm³/mol. The van der Waals surface area contributed by atoms with Crippen molar-refractivity contribution < 1.29 is 19.5 Å². The first kappa shape index (κ1) is 14.5. The Balaban J connectivity index is 2.46. The molecular weight excluding hydrogens is 254 g/mol. The lowest BCUT2D eigenvalue weighted by Gasteiger charge is -2.11. The largest absolute Gasteiger partial charge is 0.480 e. The summed E-state index contributed by atoms with van der Waals surface area (Å²) in [7, 11) is 0. The molecular formula is C10H15N5O4. The van der Waals surface area contributed by atoms with E-state index in [1.54, 1.807) is 6.92 Å². The zero-order valence-corrected chi connectivity index (χ0v) is 10.3. The molecule has 1 aromatic heterocycles. The number of anilines is 1. The highest BCUT2D eigenvalue weighted by molar-refractivity contribution is 5.89. The molecule has 5 N–H and O–H groups in total. The number of urea groups is 1. The van der Waals surface area contributed by atoms with Crippen molar-refractivity contribution in [3.63, 3.8) is 0 Å². The molecule has 0 bridgehead atoms. The Morgan fingerprint density at radius 3 is 2.79 bits per heavy atom. The van der Waals surface area contributed by atoms with Crippen LogP contribution in [0.4, 0.5) is 10.5 Å². The highest BCUT2D eigenvalue weighted by Crippen LogP contribution is 2.04. The summed E-state index contributed by atoms with van der Waals surface area (Å²) in [4.78, 5) is 32.6. The highest BCUT2D eigenvalue weighted by Gasteiger charge is 2.11. The summed E-state index contributed by atoms with van der Waals surface area (Å²) in [6, 6.07) is -0.921. The van der Waals surface area contributed by atoms with Gasteiger partial charge in [-0.2, -0.15) is 5.10 Å². The monoisotopic (exact) mass is 269 g/mol. The number of carbonyl (C=O) groups is 3. The maximum Gasteiger partial charge on any atom is 0.325 e. The minimum atomic E-state index is -1.03. The number of nitrogens with zero attached hydrogens (tertiary/aromatic N) is 2. The van der Waals surface area contributed by atoms with Gasteiger partial charge in [0.2, 0.25) is 5.91 Å². The quantitative estimate of drug-likeness (QED) is 0.543. The Hall–Kier alpha value is -2.58. The number of carbonyl (C=O) groups excluding carboxylic acids is 2. The van der Waals surface area contributed by atoms with Crippen molar-refractivity contribution in [2.75, 3.05) is 5.32 Å². The third-order valence-electron chi connectivity index (χ3n) is 2.07. The van der Waals surface area contributed by atoms with Gasteiger partial charge < -0.3 is 21.5 Å². The fraction of sp³-hybridized carbons (Fsp3) is 0.400. The van der Waals surface area contributed by atoms with Gasteiger partial charge >= 0.3 is 12.0 Å². The minimum absolute atomic E-state index is 0.0334. The van der Waals surface area contributed by atoms with Crippen molar-refractivity contribution in [2.24, 2.45) is 5.73 Å². The van der Waals surface area contributed by atoms with Gasteiger partial charge in [-0.25, -0.2) is 4.79 Å². The second kappa shape index (κ2) is 6.38. The molecule has 1 unspecified atom stereocenters. The number of nitrogens with one attached hydrogen (secondary N) is 2. The van der Waals surface area contributed by atoms with Crippen LogP contribution in [0.1, 0.15) is 13.3 Å². The number of primary amides is 1. The lowest BCUT2D eigenvalue weighted by atomic mass is 10.2. The van der Waals surface area contributed by atoms with E-state index in [1.165, 1.54) is 17.1 Å². The summed E-state index contributed by atoms with van der Waals surface area (Å²) >= 11 is 0. The Morgan fingerprint density at radius 1 is 1.53 bits per heavy atom. The van der Waals surface area contributed by atoms with Crippen molar-refractivity contribution in [3.05, 3.63) is 12.4 Å². The van der Waals surface area contributed by atoms with Crippen LogP contribution in [0.3, 0.4) is 0 Å². The predicted octanol–water partition coefficient (Wildman–Crippen LogP) is -0.647. The molecule has 1 aromatic rings. The Labute approximate surface area is 108 Å². The van der Waals surface area contributed by atoms with Gasteiger partial charge in [-0.05, 0) is 6.92 Å². The van der Waals surface area contributed by atoms with E-state index in [1.807, 2.05) is 0 Å². The average Bonchev–Trinajstić information content (AvgIpc) is 2.62. The molecule has 0 aromatic carbocycles. The van der Waals surface area contributed by atoms with Crippen LogP contribution < -0.4 is 16.4 Å². The SMILES string of the molecule is CC(CC(N)=O)NC(=O)Nc1cnn(CC(=O)O)c1. The van der Waals surface area contributed by atoms with Crippen molar-refractivity contribution in [1.82, 2.24) is 15.1 Å². The van der Waals surface area contributed by atoms with Crippen LogP contribution in [-0.2, 0) is 16.1 Å². The summed E-state index contributed by atoms with van der Waals surface area (Å²) in [5, 5.41) is 17.3. The average molecular weight is 269 g/mol. The molecule has 0 radical (unpaired) electrons. The number of aliphatic carboxylic acids is 1. The molecule has 0 aliphatic rings. The molecule has 1 rings (SSSR count). The molecule has 1 atom stereocenters. The van der Waals surface area contributed by atoms with Crippen molar-refractivity contribution >= 4 is 23.6 Å². The maximum atomic E-state index is 11.5. The lowest BCUT2D eigenvalue weighted by molar-refractivity contribution is -0.137. The first-order valence-corrected chi connectivity index (χ1v) is 5.47. The van der Waals surface area contributed by atoms with Gasteiger partial charge in [-0.3, -0.25) is 14.3 Å². The molecule has 104 valence electrons. The van der Waals surface area contributed by atoms with Crippen LogP contribution in [0.15, 0.2) is 12.4 Å². The number of hydrogen-bond donors (Lipinski definition) is 4. The number of aromatic nitrogens is 2. The topological polar surface area (TPSA) is 139 Å². The molecule has 0 aliphatic heterocycles. The standard InChI is InChI=1S/C10H15N5O4/c1-6(2-8(11)16)13-10(19)14-7-3-12-15(4-7)5-9(17)18/h3-4,6H,2,5H2,1H3,(H2,11,16)(H,17,18)(H2,13,14,19). The smallest absolute Gasteiger partial charge is 0.325 e. The maximum absolute atomic E-state index is 11.5. The minimum Gasteiger partial charge on any atom is -0.480 e. The molecule has 0 aliphatic carbocycles. The van der Waals surface area contributed by atoms with E-state index < -0.39 is 23.9 Å². The van der Waals surface area contributed by atoms with Gasteiger partial charge in [0, 0.05) is 18.7 Å². The summed E-state index contributed by atoms with van der Waals surface area (Å²) in [5.74, 6) is -1.55.